The number of hydrogen-bond acceptors (Lipinski definition) is 21. The number of aliphatic hydroxyl groups excluding tert-OH is 2. The smallest absolute Gasteiger partial charge is 0.329 e. The first kappa shape index (κ1) is 74.9. The summed E-state index contributed by atoms with van der Waals surface area (Å²) in [6.07, 6.45) is 9.94. The van der Waals surface area contributed by atoms with E-state index in [1.165, 1.54) is 12.0 Å². The third-order valence-electron chi connectivity index (χ3n) is 21.0. The number of ketones is 3. The largest absolute Gasteiger partial charge is 0.496 e. The first-order valence-electron chi connectivity index (χ1n) is 35.2. The number of carbonyl (C=O) groups is 5. The number of esters is 1. The normalized spacial score (nSPS) is 34.4. The number of Topliss-reactive ketones (excluding diaryl/α,β-unsaturated/α-hetero) is 3. The first-order valence-corrected chi connectivity index (χ1v) is 35.2. The van der Waals surface area contributed by atoms with Gasteiger partial charge < -0.3 is 67.9 Å². The molecule has 22 heteroatoms. The van der Waals surface area contributed by atoms with Crippen LogP contribution in [-0.4, -0.2) is 198 Å². The number of fused-ring (bicyclic) bond motifs is 4. The zero-order chi connectivity index (χ0) is 69.8. The standard InChI is InChI=1S/C75H106N6O16/c1-44-18-14-13-15-19-45(2)63(95-43-55-38-54(23-28-62(55)90-10)58-26-25-57-70(76-58)77-74(80-31-33-94-42-52(80)9)78-71(57)79-30-32-93-41-51(79)8)39-56-24-21-50(7)75(89,97-56)69(86)72(87)81-29-17-16-20-59(81)73(88)96-64(47(4)36-53-22-27-60(82)65(37-53)91-11)40-61(83)46(3)35-49(6)67(85)68(92-12)66(84)48(5)34-44/h13-15,18-19,23,25-26,28,35,38,44,46-48,50-53,56,59-60,63-65,67-68,82,85,89H,16-17,20-22,24,27,29-34,36-37,39-43H2,1-12H3/b15-13+,18-14+,45-19-,49-35+/t44-,46-,47?,48-,50-,51+,52+,53-,56+,59?,60-,63+,64+,65-,67-,68+,75-/m1/s1. The van der Waals surface area contributed by atoms with E-state index in [1.807, 2.05) is 88.4 Å². The number of piperidine rings is 1. The molecule has 1 saturated carbocycles. The maximum absolute atomic E-state index is 14.9. The number of methoxy groups -OCH3 is 3. The summed E-state index contributed by atoms with van der Waals surface area (Å²) in [5.41, 5.74) is 3.89. The molecule has 5 fully saturated rings. The molecule has 0 spiro atoms. The van der Waals surface area contributed by atoms with E-state index in [0.29, 0.717) is 126 Å². The number of cyclic esters (lactones) is 1. The van der Waals surface area contributed by atoms with Crippen LogP contribution in [0, 0.1) is 35.5 Å². The van der Waals surface area contributed by atoms with Crippen LogP contribution < -0.4 is 14.5 Å². The number of benzene rings is 1. The second-order valence-electron chi connectivity index (χ2n) is 28.3. The molecule has 9 rings (SSSR count). The van der Waals surface area contributed by atoms with E-state index in [1.54, 1.807) is 41.1 Å². The van der Waals surface area contributed by atoms with Gasteiger partial charge in [0.2, 0.25) is 11.7 Å². The Labute approximate surface area is 572 Å². The Hall–Kier alpha value is -6.34. The molecule has 1 amide bonds. The number of ether oxygens (including phenoxy) is 8. The van der Waals surface area contributed by atoms with Crippen LogP contribution in [0.5, 0.6) is 5.75 Å². The van der Waals surface area contributed by atoms with Crippen LogP contribution in [0.3, 0.4) is 0 Å². The van der Waals surface area contributed by atoms with Gasteiger partial charge in [-0.1, -0.05) is 71.1 Å². The highest BCUT2D eigenvalue weighted by molar-refractivity contribution is 6.39. The highest BCUT2D eigenvalue weighted by Crippen LogP contribution is 2.40. The topological polar surface area (TPSA) is 268 Å². The van der Waals surface area contributed by atoms with E-state index < -0.39 is 83.9 Å². The van der Waals surface area contributed by atoms with Gasteiger partial charge in [-0.2, -0.15) is 9.97 Å². The number of allylic oxidation sites excluding steroid dienone is 6. The molecule has 5 aliphatic heterocycles. The van der Waals surface area contributed by atoms with Gasteiger partial charge in [-0.25, -0.2) is 9.78 Å². The van der Waals surface area contributed by atoms with Crippen molar-refractivity contribution in [2.45, 2.75) is 213 Å². The average Bonchev–Trinajstić information content (AvgIpc) is 0.774. The van der Waals surface area contributed by atoms with Gasteiger partial charge >= 0.3 is 5.97 Å². The van der Waals surface area contributed by atoms with E-state index >= 15 is 0 Å². The van der Waals surface area contributed by atoms with Crippen molar-refractivity contribution in [3.8, 4) is 17.0 Å². The lowest BCUT2D eigenvalue weighted by atomic mass is 9.78. The molecule has 4 saturated heterocycles. The number of hydrogen-bond donors (Lipinski definition) is 3. The SMILES string of the molecule is COc1ccc(-c2ccc3c(N4CCOC[C@@H]4C)nc(N4CCOC[C@@H]4C)nc3n2)cc1CO[C@H]1C[C@@H]2CC[C@@H](C)[C@@](O)(O2)C(=O)C(=O)N2CCCCC2C(=O)O[C@H](C(C)C[C@H]2CC[C@@H](O)[C@H](OC)C2)CC(=O)[C@H](C)/C=C(\C)[C@@H](O)[C@@H](OC)C(=O)[C@H](C)C[C@H](C)/C=C/C=C/C=C\1C. The summed E-state index contributed by atoms with van der Waals surface area (Å²) >= 11 is 0. The van der Waals surface area contributed by atoms with Gasteiger partial charge in [0.25, 0.3) is 11.7 Å². The molecule has 2 aromatic heterocycles. The summed E-state index contributed by atoms with van der Waals surface area (Å²) in [5.74, 6) is -6.66. The molecular weight excluding hydrogens is 1240 g/mol. The second-order valence-corrected chi connectivity index (χ2v) is 28.3. The van der Waals surface area contributed by atoms with Gasteiger partial charge in [-0.05, 0) is 151 Å². The summed E-state index contributed by atoms with van der Waals surface area (Å²) < 4.78 is 48.7. The number of morpholine rings is 2. The van der Waals surface area contributed by atoms with Crippen molar-refractivity contribution in [2.24, 2.45) is 35.5 Å². The van der Waals surface area contributed by atoms with Crippen LogP contribution in [0.2, 0.25) is 0 Å². The predicted octanol–water partition coefficient (Wildman–Crippen LogP) is 9.22. The van der Waals surface area contributed by atoms with Gasteiger partial charge in [0, 0.05) is 75.6 Å². The number of aliphatic hydroxyl groups is 3. The van der Waals surface area contributed by atoms with Gasteiger partial charge in [-0.3, -0.25) is 19.2 Å². The van der Waals surface area contributed by atoms with Crippen LogP contribution in [-0.2, 0) is 63.7 Å². The molecule has 1 aromatic carbocycles. The van der Waals surface area contributed by atoms with Crippen molar-refractivity contribution in [2.75, 3.05) is 77.2 Å². The molecule has 22 nitrogen and oxygen atoms in total. The van der Waals surface area contributed by atoms with Crippen LogP contribution in [0.1, 0.15) is 145 Å². The quantitative estimate of drug-likeness (QED) is 0.0866. The number of nitrogens with zero attached hydrogens (tertiary/aromatic N) is 6. The van der Waals surface area contributed by atoms with Crippen molar-refractivity contribution in [3.63, 3.8) is 0 Å². The highest BCUT2D eigenvalue weighted by Gasteiger charge is 2.53. The molecule has 2 unspecified atom stereocenters. The average molecular weight is 1350 g/mol. The Balaban J connectivity index is 1.02. The minimum absolute atomic E-state index is 0.0370. The van der Waals surface area contributed by atoms with E-state index in [2.05, 4.69) is 23.6 Å². The van der Waals surface area contributed by atoms with Gasteiger partial charge in [-0.15, -0.1) is 0 Å². The fraction of sp³-hybridized carbons (Fsp3) is 0.653. The van der Waals surface area contributed by atoms with Crippen molar-refractivity contribution in [1.82, 2.24) is 19.9 Å². The number of pyridine rings is 1. The molecule has 0 radical (unpaired) electrons. The van der Waals surface area contributed by atoms with Crippen molar-refractivity contribution >= 4 is 52.0 Å². The van der Waals surface area contributed by atoms with Gasteiger partial charge in [0.05, 0.1) is 87.7 Å². The van der Waals surface area contributed by atoms with Crippen LogP contribution in [0.4, 0.5) is 11.8 Å². The maximum atomic E-state index is 14.9. The monoisotopic (exact) mass is 1350 g/mol. The fourth-order valence-electron chi connectivity index (χ4n) is 14.8. The molecule has 17 atom stereocenters. The lowest BCUT2D eigenvalue weighted by Gasteiger charge is -2.43. The molecule has 3 N–H and O–H groups in total. The van der Waals surface area contributed by atoms with Crippen molar-refractivity contribution < 1.29 is 77.2 Å². The molecule has 3 aromatic rings. The molecule has 7 heterocycles. The Morgan fingerprint density at radius 1 is 0.763 bits per heavy atom. The van der Waals surface area contributed by atoms with E-state index in [-0.39, 0.29) is 79.9 Å². The summed E-state index contributed by atoms with van der Waals surface area (Å²) in [5, 5.41) is 35.7. The summed E-state index contributed by atoms with van der Waals surface area (Å²) in [4.78, 5) is 94.1. The van der Waals surface area contributed by atoms with Crippen LogP contribution in [0.15, 0.2) is 77.9 Å². The number of amides is 1. The Morgan fingerprint density at radius 2 is 1.51 bits per heavy atom. The zero-order valence-corrected chi connectivity index (χ0v) is 59.1. The lowest BCUT2D eigenvalue weighted by molar-refractivity contribution is -0.266. The summed E-state index contributed by atoms with van der Waals surface area (Å²) in [6, 6.07) is 8.75. The lowest BCUT2D eigenvalue weighted by Crippen LogP contribution is -2.61. The maximum Gasteiger partial charge on any atom is 0.329 e. The zero-order valence-electron chi connectivity index (χ0n) is 59.1. The fourth-order valence-corrected chi connectivity index (χ4v) is 14.8. The van der Waals surface area contributed by atoms with E-state index in [4.69, 9.17) is 52.8 Å². The third kappa shape index (κ3) is 18.2. The summed E-state index contributed by atoms with van der Waals surface area (Å²) in [7, 11) is 4.54. The summed E-state index contributed by atoms with van der Waals surface area (Å²) in [6.45, 7) is 20.6. The van der Waals surface area contributed by atoms with Gasteiger partial charge in [0.15, 0.2) is 11.4 Å². The molecule has 2 bridgehead atoms. The molecule has 532 valence electrons. The Kier molecular flexibility index (Phi) is 26.4. The Bertz CT molecular complexity index is 3360. The van der Waals surface area contributed by atoms with E-state index in [0.717, 1.165) is 27.9 Å². The molecular formula is C75H106N6O16. The number of rotatable bonds is 12. The number of aromatic nitrogens is 3. The first-order chi connectivity index (χ1) is 46.4. The minimum atomic E-state index is -2.56. The van der Waals surface area contributed by atoms with Crippen molar-refractivity contribution in [1.29, 1.82) is 0 Å². The van der Waals surface area contributed by atoms with Crippen molar-refractivity contribution in [3.05, 3.63) is 83.5 Å². The van der Waals surface area contributed by atoms with Crippen LogP contribution >= 0.6 is 0 Å². The van der Waals surface area contributed by atoms with E-state index in [9.17, 15) is 39.3 Å². The van der Waals surface area contributed by atoms with Gasteiger partial charge in [0.1, 0.15) is 41.7 Å². The minimum Gasteiger partial charge on any atom is -0.496 e. The number of anilines is 2. The number of carbonyl (C=O) groups excluding carboxylic acids is 5. The molecule has 1 aliphatic carbocycles. The van der Waals surface area contributed by atoms with Crippen LogP contribution in [0.25, 0.3) is 22.3 Å². The highest BCUT2D eigenvalue weighted by atomic mass is 16.6. The second kappa shape index (κ2) is 34.1. The Morgan fingerprint density at radius 3 is 2.22 bits per heavy atom. The molecule has 97 heavy (non-hydrogen) atoms. The molecule has 6 aliphatic rings. The predicted molar refractivity (Wildman–Crippen MR) is 367 cm³/mol. The third-order valence-corrected chi connectivity index (χ3v) is 21.0.